The van der Waals surface area contributed by atoms with Gasteiger partial charge in [-0.1, -0.05) is 13.8 Å². The predicted molar refractivity (Wildman–Crippen MR) is 81.9 cm³/mol. The van der Waals surface area contributed by atoms with Crippen LogP contribution < -0.4 is 10.5 Å². The van der Waals surface area contributed by atoms with Crippen LogP contribution in [0.5, 0.6) is 11.5 Å². The highest BCUT2D eigenvalue weighted by atomic mass is 79.9. The van der Waals surface area contributed by atoms with Crippen molar-refractivity contribution in [2.45, 2.75) is 19.8 Å². The van der Waals surface area contributed by atoms with Crippen LogP contribution in [0.4, 0.5) is 5.82 Å². The smallest absolute Gasteiger partial charge is 0.161 e. The number of phenols is 1. The summed E-state index contributed by atoms with van der Waals surface area (Å²) in [6.45, 7) is 4.07. The minimum absolute atomic E-state index is 0.0745. The van der Waals surface area contributed by atoms with Crippen LogP contribution in [-0.2, 0) is 0 Å². The third-order valence-corrected chi connectivity index (χ3v) is 3.70. The summed E-state index contributed by atoms with van der Waals surface area (Å²) in [4.78, 5) is 8.81. The van der Waals surface area contributed by atoms with E-state index in [4.69, 9.17) is 10.5 Å². The molecule has 2 rings (SSSR count). The third-order valence-electron chi connectivity index (χ3n) is 2.89. The van der Waals surface area contributed by atoms with E-state index in [0.29, 0.717) is 17.4 Å². The van der Waals surface area contributed by atoms with Gasteiger partial charge in [0.1, 0.15) is 5.82 Å². The Morgan fingerprint density at radius 2 is 2.00 bits per heavy atom. The molecule has 0 spiro atoms. The molecule has 0 aliphatic rings. The van der Waals surface area contributed by atoms with Gasteiger partial charge in [-0.25, -0.2) is 9.97 Å². The second-order valence-corrected chi connectivity index (χ2v) is 5.47. The largest absolute Gasteiger partial charge is 0.504 e. The van der Waals surface area contributed by atoms with E-state index in [1.807, 2.05) is 13.8 Å². The lowest BCUT2D eigenvalue weighted by Crippen LogP contribution is -2.04. The van der Waals surface area contributed by atoms with Crippen molar-refractivity contribution in [1.82, 2.24) is 9.97 Å². The lowest BCUT2D eigenvalue weighted by molar-refractivity contribution is 0.373. The zero-order chi connectivity index (χ0) is 14.9. The van der Waals surface area contributed by atoms with Gasteiger partial charge in [-0.2, -0.15) is 0 Å². The standard InChI is InChI=1S/C14H16BrN3O2/c1-7(2)12-11(15)13(16)18-14(17-12)8-4-5-9(19)10(6-8)20-3/h4-7,19H,1-3H3,(H2,16,17,18). The van der Waals surface area contributed by atoms with Gasteiger partial charge in [-0.15, -0.1) is 0 Å². The molecular formula is C14H16BrN3O2. The van der Waals surface area contributed by atoms with Crippen molar-refractivity contribution in [3.8, 4) is 22.9 Å². The first kappa shape index (κ1) is 14.6. The molecule has 106 valence electrons. The van der Waals surface area contributed by atoms with Gasteiger partial charge in [0.2, 0.25) is 0 Å². The van der Waals surface area contributed by atoms with Crippen molar-refractivity contribution in [1.29, 1.82) is 0 Å². The fourth-order valence-electron chi connectivity index (χ4n) is 1.81. The Balaban J connectivity index is 2.58. The molecule has 0 amide bonds. The molecule has 0 saturated heterocycles. The summed E-state index contributed by atoms with van der Waals surface area (Å²) in [7, 11) is 1.50. The maximum Gasteiger partial charge on any atom is 0.161 e. The predicted octanol–water partition coefficient (Wildman–Crippen LogP) is 3.33. The summed E-state index contributed by atoms with van der Waals surface area (Å²) in [5.74, 6) is 1.56. The molecule has 0 aliphatic heterocycles. The van der Waals surface area contributed by atoms with Gasteiger partial charge in [0.15, 0.2) is 17.3 Å². The van der Waals surface area contributed by atoms with Crippen molar-refractivity contribution < 1.29 is 9.84 Å². The first-order chi connectivity index (χ1) is 9.43. The second kappa shape index (κ2) is 5.66. The second-order valence-electron chi connectivity index (χ2n) is 4.67. The van der Waals surface area contributed by atoms with Crippen LogP contribution in [0.1, 0.15) is 25.5 Å². The summed E-state index contributed by atoms with van der Waals surface area (Å²) < 4.78 is 5.82. The average molecular weight is 338 g/mol. The van der Waals surface area contributed by atoms with Gasteiger partial charge in [0.05, 0.1) is 17.3 Å². The molecule has 1 aromatic carbocycles. The number of rotatable bonds is 3. The number of hydrogen-bond donors (Lipinski definition) is 2. The highest BCUT2D eigenvalue weighted by Gasteiger charge is 2.15. The van der Waals surface area contributed by atoms with Crippen LogP contribution >= 0.6 is 15.9 Å². The van der Waals surface area contributed by atoms with E-state index in [9.17, 15) is 5.11 Å². The highest BCUT2D eigenvalue weighted by molar-refractivity contribution is 9.10. The zero-order valence-electron chi connectivity index (χ0n) is 11.5. The highest BCUT2D eigenvalue weighted by Crippen LogP contribution is 2.33. The lowest BCUT2D eigenvalue weighted by Gasteiger charge is -2.12. The fraction of sp³-hybridized carbons (Fsp3) is 0.286. The van der Waals surface area contributed by atoms with E-state index in [0.717, 1.165) is 15.7 Å². The molecule has 6 heteroatoms. The van der Waals surface area contributed by atoms with Crippen molar-refractivity contribution in [3.63, 3.8) is 0 Å². The van der Waals surface area contributed by atoms with E-state index in [2.05, 4.69) is 25.9 Å². The van der Waals surface area contributed by atoms with Crippen LogP contribution in [0, 0.1) is 0 Å². The molecule has 20 heavy (non-hydrogen) atoms. The molecule has 0 bridgehead atoms. The van der Waals surface area contributed by atoms with Gasteiger partial charge < -0.3 is 15.6 Å². The molecule has 1 heterocycles. The normalized spacial score (nSPS) is 10.8. The zero-order valence-corrected chi connectivity index (χ0v) is 13.1. The number of anilines is 1. The first-order valence-electron chi connectivity index (χ1n) is 6.14. The fourth-order valence-corrected chi connectivity index (χ4v) is 2.45. The number of methoxy groups -OCH3 is 1. The number of hydrogen-bond acceptors (Lipinski definition) is 5. The van der Waals surface area contributed by atoms with Crippen LogP contribution in [0.25, 0.3) is 11.4 Å². The molecule has 0 aliphatic carbocycles. The Morgan fingerprint density at radius 1 is 1.30 bits per heavy atom. The van der Waals surface area contributed by atoms with E-state index in [-0.39, 0.29) is 11.7 Å². The summed E-state index contributed by atoms with van der Waals surface area (Å²) >= 11 is 3.41. The molecule has 2 aromatic rings. The molecule has 1 aromatic heterocycles. The first-order valence-corrected chi connectivity index (χ1v) is 6.93. The summed E-state index contributed by atoms with van der Waals surface area (Å²) in [6.07, 6.45) is 0. The number of aromatic nitrogens is 2. The quantitative estimate of drug-likeness (QED) is 0.897. The Labute approximate surface area is 126 Å². The lowest BCUT2D eigenvalue weighted by atomic mass is 10.1. The van der Waals surface area contributed by atoms with Gasteiger partial charge in [0, 0.05) is 5.56 Å². The Kier molecular flexibility index (Phi) is 4.13. The van der Waals surface area contributed by atoms with Gasteiger partial charge in [-0.05, 0) is 40.0 Å². The maximum atomic E-state index is 9.63. The van der Waals surface area contributed by atoms with E-state index in [1.54, 1.807) is 18.2 Å². The van der Waals surface area contributed by atoms with Crippen molar-refractivity contribution in [3.05, 3.63) is 28.4 Å². The van der Waals surface area contributed by atoms with Crippen LogP contribution in [0.2, 0.25) is 0 Å². The number of phenolic OH excluding ortho intramolecular Hbond substituents is 1. The van der Waals surface area contributed by atoms with Gasteiger partial charge in [-0.3, -0.25) is 0 Å². The summed E-state index contributed by atoms with van der Waals surface area (Å²) in [6, 6.07) is 4.96. The number of nitrogens with zero attached hydrogens (tertiary/aromatic N) is 2. The van der Waals surface area contributed by atoms with E-state index in [1.165, 1.54) is 7.11 Å². The minimum atomic E-state index is 0.0745. The van der Waals surface area contributed by atoms with Gasteiger partial charge in [0.25, 0.3) is 0 Å². The average Bonchev–Trinajstić information content (AvgIpc) is 2.42. The minimum Gasteiger partial charge on any atom is -0.504 e. The monoisotopic (exact) mass is 337 g/mol. The Bertz CT molecular complexity index is 645. The SMILES string of the molecule is COc1cc(-c2nc(N)c(Br)c(C(C)C)n2)ccc1O. The number of halogens is 1. The molecular weight excluding hydrogens is 322 g/mol. The molecule has 0 atom stereocenters. The van der Waals surface area contributed by atoms with Crippen molar-refractivity contribution in [2.24, 2.45) is 0 Å². The number of nitrogens with two attached hydrogens (primary N) is 1. The summed E-state index contributed by atoms with van der Waals surface area (Å²) in [5, 5.41) is 9.63. The van der Waals surface area contributed by atoms with Crippen molar-refractivity contribution in [2.75, 3.05) is 12.8 Å². The number of benzene rings is 1. The Hall–Kier alpha value is -1.82. The summed E-state index contributed by atoms with van der Waals surface area (Å²) in [5.41, 5.74) is 7.50. The van der Waals surface area contributed by atoms with Crippen LogP contribution in [0.15, 0.2) is 22.7 Å². The molecule has 5 nitrogen and oxygen atoms in total. The van der Waals surface area contributed by atoms with Gasteiger partial charge >= 0.3 is 0 Å². The topological polar surface area (TPSA) is 81.3 Å². The van der Waals surface area contributed by atoms with E-state index < -0.39 is 0 Å². The molecule has 0 saturated carbocycles. The number of aromatic hydroxyl groups is 1. The molecule has 0 radical (unpaired) electrons. The van der Waals surface area contributed by atoms with Crippen molar-refractivity contribution >= 4 is 21.7 Å². The molecule has 3 N–H and O–H groups in total. The number of ether oxygens (including phenoxy) is 1. The molecule has 0 fully saturated rings. The van der Waals surface area contributed by atoms with Crippen LogP contribution in [0.3, 0.4) is 0 Å². The Morgan fingerprint density at radius 3 is 2.60 bits per heavy atom. The molecule has 0 unspecified atom stereocenters. The maximum absolute atomic E-state index is 9.63. The van der Waals surface area contributed by atoms with Crippen LogP contribution in [-0.4, -0.2) is 22.2 Å². The number of nitrogen functional groups attached to an aromatic ring is 1. The third kappa shape index (κ3) is 2.70. The van der Waals surface area contributed by atoms with E-state index >= 15 is 0 Å².